The fourth-order valence-electron chi connectivity index (χ4n) is 2.16. The highest BCUT2D eigenvalue weighted by atomic mass is 16.5. The summed E-state index contributed by atoms with van der Waals surface area (Å²) in [5.41, 5.74) is 1.21. The van der Waals surface area contributed by atoms with Crippen molar-refractivity contribution in [3.8, 4) is 0 Å². The van der Waals surface area contributed by atoms with Gasteiger partial charge in [-0.05, 0) is 0 Å². The maximum absolute atomic E-state index is 11.7. The molecule has 90 valence electrons. The van der Waals surface area contributed by atoms with Gasteiger partial charge in [-0.2, -0.15) is 4.57 Å². The quantitative estimate of drug-likeness (QED) is 0.593. The molecule has 0 radical (unpaired) electrons. The second-order valence-electron chi connectivity index (χ2n) is 4.30. The third-order valence-electron chi connectivity index (χ3n) is 3.40. The average molecular weight is 234 g/mol. The zero-order valence-corrected chi connectivity index (χ0v) is 10.2. The number of carbonyl (C=O) groups is 1. The Labute approximate surface area is 100 Å². The second-order valence-corrected chi connectivity index (χ2v) is 4.30. The van der Waals surface area contributed by atoms with Crippen LogP contribution in [0.4, 0.5) is 0 Å². The molecule has 2 rings (SSSR count). The third kappa shape index (κ3) is 1.69. The standard InChI is InChI=1S/C13H15NO3/c1-8-9(2)12(15)11(13(16)17-3)14-7-5-4-6-10(8)14/h4-9H,1-3H3/p+1. The molecule has 1 aliphatic rings. The van der Waals surface area contributed by atoms with E-state index >= 15 is 0 Å². The number of methoxy groups -OCH3 is 1. The van der Waals surface area contributed by atoms with Crippen LogP contribution in [0.3, 0.4) is 0 Å². The van der Waals surface area contributed by atoms with Crippen LogP contribution >= 0.6 is 0 Å². The second kappa shape index (κ2) is 4.20. The zero-order chi connectivity index (χ0) is 12.6. The van der Waals surface area contributed by atoms with Gasteiger partial charge in [0, 0.05) is 18.1 Å². The summed E-state index contributed by atoms with van der Waals surface area (Å²) in [6.45, 7) is 3.93. The number of hydrogen-bond acceptors (Lipinski definition) is 3. The lowest BCUT2D eigenvalue weighted by Crippen LogP contribution is -2.47. The van der Waals surface area contributed by atoms with Gasteiger partial charge < -0.3 is 9.84 Å². The molecule has 1 aromatic heterocycles. The number of aliphatic hydroxyl groups is 1. The maximum Gasteiger partial charge on any atom is 0.407 e. The summed E-state index contributed by atoms with van der Waals surface area (Å²) in [7, 11) is 1.31. The van der Waals surface area contributed by atoms with Gasteiger partial charge >= 0.3 is 11.7 Å². The van der Waals surface area contributed by atoms with Crippen LogP contribution < -0.4 is 4.57 Å². The number of pyridine rings is 1. The van der Waals surface area contributed by atoms with Gasteiger partial charge in [0.15, 0.2) is 17.6 Å². The van der Waals surface area contributed by atoms with Crippen LogP contribution in [0, 0.1) is 5.92 Å². The lowest BCUT2D eigenvalue weighted by atomic mass is 9.86. The monoisotopic (exact) mass is 234 g/mol. The Morgan fingerprint density at radius 3 is 2.71 bits per heavy atom. The predicted molar refractivity (Wildman–Crippen MR) is 62.1 cm³/mol. The van der Waals surface area contributed by atoms with Crippen LogP contribution in [0.5, 0.6) is 0 Å². The number of rotatable bonds is 1. The van der Waals surface area contributed by atoms with E-state index in [4.69, 9.17) is 4.74 Å². The SMILES string of the molecule is COC(=O)C1=C(O)C(C)C(C)c2cccc[n+]21. The van der Waals surface area contributed by atoms with Gasteiger partial charge in [-0.3, -0.25) is 0 Å². The van der Waals surface area contributed by atoms with Crippen LogP contribution in [-0.2, 0) is 9.53 Å². The third-order valence-corrected chi connectivity index (χ3v) is 3.40. The van der Waals surface area contributed by atoms with Gasteiger partial charge in [0.25, 0.3) is 0 Å². The van der Waals surface area contributed by atoms with Crippen LogP contribution in [0.1, 0.15) is 25.5 Å². The first kappa shape index (κ1) is 11.6. The van der Waals surface area contributed by atoms with E-state index in [1.807, 2.05) is 32.0 Å². The van der Waals surface area contributed by atoms with Crippen molar-refractivity contribution in [3.63, 3.8) is 0 Å². The van der Waals surface area contributed by atoms with E-state index in [9.17, 15) is 9.90 Å². The van der Waals surface area contributed by atoms with Crippen molar-refractivity contribution >= 4 is 11.7 Å². The van der Waals surface area contributed by atoms with Crippen molar-refractivity contribution in [2.24, 2.45) is 5.92 Å². The minimum absolute atomic E-state index is 0.0908. The summed E-state index contributed by atoms with van der Waals surface area (Å²) in [5, 5.41) is 10.1. The van der Waals surface area contributed by atoms with E-state index in [1.165, 1.54) is 7.11 Å². The van der Waals surface area contributed by atoms with Gasteiger partial charge in [-0.25, -0.2) is 4.79 Å². The Hall–Kier alpha value is -1.84. The van der Waals surface area contributed by atoms with E-state index in [0.29, 0.717) is 0 Å². The lowest BCUT2D eigenvalue weighted by Gasteiger charge is -2.23. The molecule has 4 nitrogen and oxygen atoms in total. The highest BCUT2D eigenvalue weighted by Crippen LogP contribution is 2.32. The first-order chi connectivity index (χ1) is 8.07. The Kier molecular flexibility index (Phi) is 2.88. The van der Waals surface area contributed by atoms with E-state index in [-0.39, 0.29) is 23.3 Å². The molecule has 2 heterocycles. The fraction of sp³-hybridized carbons (Fsp3) is 0.385. The van der Waals surface area contributed by atoms with Gasteiger partial charge in [-0.1, -0.05) is 19.9 Å². The van der Waals surface area contributed by atoms with Crippen molar-refractivity contribution in [1.82, 2.24) is 0 Å². The molecule has 0 saturated heterocycles. The van der Waals surface area contributed by atoms with Crippen LogP contribution in [-0.4, -0.2) is 18.2 Å². The topological polar surface area (TPSA) is 50.4 Å². The molecule has 2 atom stereocenters. The van der Waals surface area contributed by atoms with Gasteiger partial charge in [0.1, 0.15) is 0 Å². The van der Waals surface area contributed by atoms with Crippen LogP contribution in [0.2, 0.25) is 0 Å². The number of ether oxygens (including phenoxy) is 1. The normalized spacial score (nSPS) is 23.2. The van der Waals surface area contributed by atoms with Gasteiger partial charge in [-0.15, -0.1) is 0 Å². The van der Waals surface area contributed by atoms with Crippen molar-refractivity contribution in [2.75, 3.05) is 7.11 Å². The molecule has 1 aromatic rings. The van der Waals surface area contributed by atoms with E-state index in [0.717, 1.165) is 5.69 Å². The number of fused-ring (bicyclic) bond motifs is 1. The first-order valence-electron chi connectivity index (χ1n) is 5.60. The molecule has 0 bridgehead atoms. The highest BCUT2D eigenvalue weighted by molar-refractivity contribution is 6.06. The Balaban J connectivity index is 2.66. The zero-order valence-electron chi connectivity index (χ0n) is 10.2. The minimum atomic E-state index is -0.515. The Bertz CT molecular complexity index is 493. The summed E-state index contributed by atoms with van der Waals surface area (Å²) < 4.78 is 6.42. The van der Waals surface area contributed by atoms with E-state index < -0.39 is 5.97 Å². The number of hydrogen-bond donors (Lipinski definition) is 1. The summed E-state index contributed by atoms with van der Waals surface area (Å²) in [6.07, 6.45) is 1.76. The summed E-state index contributed by atoms with van der Waals surface area (Å²) in [5.74, 6) is -0.358. The summed E-state index contributed by atoms with van der Waals surface area (Å²) >= 11 is 0. The molecule has 0 saturated carbocycles. The molecule has 0 aromatic carbocycles. The molecule has 0 amide bonds. The largest absolute Gasteiger partial charge is 0.505 e. The molecule has 1 N–H and O–H groups in total. The van der Waals surface area contributed by atoms with Crippen LogP contribution in [0.25, 0.3) is 5.70 Å². The Morgan fingerprint density at radius 2 is 2.06 bits per heavy atom. The number of aromatic nitrogens is 1. The van der Waals surface area contributed by atoms with Crippen molar-refractivity contribution < 1.29 is 19.2 Å². The molecular formula is C13H16NO3+. The number of carbonyl (C=O) groups excluding carboxylic acids is 1. The predicted octanol–water partition coefficient (Wildman–Crippen LogP) is 1.63. The van der Waals surface area contributed by atoms with Gasteiger partial charge in [0.05, 0.1) is 13.0 Å². The lowest BCUT2D eigenvalue weighted by molar-refractivity contribution is -0.594. The molecule has 17 heavy (non-hydrogen) atoms. The van der Waals surface area contributed by atoms with Crippen molar-refractivity contribution in [3.05, 3.63) is 35.8 Å². The molecule has 0 spiro atoms. The minimum Gasteiger partial charge on any atom is -0.505 e. The van der Waals surface area contributed by atoms with E-state index in [2.05, 4.69) is 0 Å². The number of esters is 1. The molecular weight excluding hydrogens is 218 g/mol. The molecule has 4 heteroatoms. The molecule has 0 fully saturated rings. The number of aliphatic hydroxyl groups excluding tert-OH is 1. The van der Waals surface area contributed by atoms with Crippen LogP contribution in [0.15, 0.2) is 30.2 Å². The Morgan fingerprint density at radius 1 is 1.35 bits per heavy atom. The maximum atomic E-state index is 11.7. The molecule has 0 aliphatic carbocycles. The average Bonchev–Trinajstić information content (AvgIpc) is 2.36. The summed E-state index contributed by atoms with van der Waals surface area (Å²) in [4.78, 5) is 11.7. The highest BCUT2D eigenvalue weighted by Gasteiger charge is 2.41. The van der Waals surface area contributed by atoms with Crippen molar-refractivity contribution in [1.29, 1.82) is 0 Å². The smallest absolute Gasteiger partial charge is 0.407 e. The number of allylic oxidation sites excluding steroid dienone is 1. The van der Waals surface area contributed by atoms with E-state index in [1.54, 1.807) is 10.8 Å². The fourth-order valence-corrected chi connectivity index (χ4v) is 2.16. The molecule has 2 unspecified atom stereocenters. The van der Waals surface area contributed by atoms with Gasteiger partial charge in [0.2, 0.25) is 0 Å². The number of nitrogens with zero attached hydrogens (tertiary/aromatic N) is 1. The summed E-state index contributed by atoms with van der Waals surface area (Å²) in [6, 6.07) is 5.70. The first-order valence-corrected chi connectivity index (χ1v) is 5.60. The molecule has 1 aliphatic heterocycles. The van der Waals surface area contributed by atoms with Crippen molar-refractivity contribution in [2.45, 2.75) is 19.8 Å².